The Morgan fingerprint density at radius 1 is 1.31 bits per heavy atom. The van der Waals surface area contributed by atoms with Crippen molar-refractivity contribution in [2.75, 3.05) is 31.6 Å². The van der Waals surface area contributed by atoms with Crippen LogP contribution >= 0.6 is 0 Å². The molecule has 4 rings (SSSR count). The molecule has 3 atom stereocenters. The van der Waals surface area contributed by atoms with Gasteiger partial charge in [-0.3, -0.25) is 9.48 Å². The Kier molecular flexibility index (Phi) is 6.23. The van der Waals surface area contributed by atoms with E-state index in [1.165, 1.54) is 40.0 Å². The lowest BCUT2D eigenvalue weighted by Crippen LogP contribution is -2.45. The lowest BCUT2D eigenvalue weighted by atomic mass is 9.94. The Morgan fingerprint density at radius 3 is 2.75 bits per heavy atom. The highest BCUT2D eigenvalue weighted by molar-refractivity contribution is 5.98. The third kappa shape index (κ3) is 4.65. The monoisotopic (exact) mass is 442 g/mol. The summed E-state index contributed by atoms with van der Waals surface area (Å²) < 4.78 is 25.4. The minimum atomic E-state index is -0.686. The maximum Gasteiger partial charge on any atom is 0.410 e. The Balaban J connectivity index is 1.49. The number of nitrogens with one attached hydrogen (secondary N) is 1. The summed E-state index contributed by atoms with van der Waals surface area (Å²) in [6.45, 7) is 1.51. The van der Waals surface area contributed by atoms with E-state index in [-0.39, 0.29) is 35.9 Å². The molecular formula is C21H23FN6O4. The van der Waals surface area contributed by atoms with E-state index in [0.29, 0.717) is 38.3 Å². The van der Waals surface area contributed by atoms with E-state index in [4.69, 9.17) is 15.2 Å². The lowest BCUT2D eigenvalue weighted by molar-refractivity contribution is 0.0410. The van der Waals surface area contributed by atoms with Crippen molar-refractivity contribution < 1.29 is 23.5 Å². The van der Waals surface area contributed by atoms with E-state index in [0.717, 1.165) is 0 Å². The highest BCUT2D eigenvalue weighted by Gasteiger charge is 2.35. The van der Waals surface area contributed by atoms with E-state index < -0.39 is 17.9 Å². The number of nitriles is 1. The van der Waals surface area contributed by atoms with Gasteiger partial charge in [0.2, 0.25) is 0 Å². The van der Waals surface area contributed by atoms with Crippen LogP contribution in [0.2, 0.25) is 0 Å². The van der Waals surface area contributed by atoms with Gasteiger partial charge in [-0.1, -0.05) is 0 Å². The summed E-state index contributed by atoms with van der Waals surface area (Å²) >= 11 is 0. The van der Waals surface area contributed by atoms with Crippen LogP contribution in [-0.2, 0) is 9.47 Å². The number of rotatable bonds is 5. The fourth-order valence-corrected chi connectivity index (χ4v) is 3.88. The second kappa shape index (κ2) is 9.23. The topological polar surface area (TPSA) is 136 Å². The number of hydrogen-bond donors (Lipinski definition) is 2. The van der Waals surface area contributed by atoms with Crippen LogP contribution in [-0.4, -0.2) is 59.1 Å². The summed E-state index contributed by atoms with van der Waals surface area (Å²) in [6.07, 6.45) is 1.88. The molecule has 168 valence electrons. The first kappa shape index (κ1) is 21.6. The Labute approximate surface area is 183 Å². The van der Waals surface area contributed by atoms with Gasteiger partial charge in [-0.2, -0.15) is 10.4 Å². The van der Waals surface area contributed by atoms with E-state index in [1.54, 1.807) is 0 Å². The molecule has 32 heavy (non-hydrogen) atoms. The van der Waals surface area contributed by atoms with Crippen molar-refractivity contribution in [3.63, 3.8) is 0 Å². The normalized spacial score (nSPS) is 22.9. The molecule has 0 radical (unpaired) electrons. The number of aromatic nitrogens is 2. The fourth-order valence-electron chi connectivity index (χ4n) is 3.88. The molecule has 2 fully saturated rings. The SMILES string of the molecule is N#C[C@H]1CN(C(=O)OC2CCOC2)CC[C@@H]1n1cc(C(N)=O)c(Nc2ccc(F)cc2)n1. The molecule has 2 amide bonds. The number of ether oxygens (including phenoxy) is 2. The number of nitrogens with two attached hydrogens (primary N) is 1. The zero-order valence-corrected chi connectivity index (χ0v) is 17.2. The van der Waals surface area contributed by atoms with Crippen molar-refractivity contribution >= 4 is 23.5 Å². The van der Waals surface area contributed by atoms with Crippen molar-refractivity contribution in [2.24, 2.45) is 11.7 Å². The molecule has 2 aliphatic heterocycles. The minimum absolute atomic E-state index is 0.147. The Morgan fingerprint density at radius 2 is 2.09 bits per heavy atom. The lowest BCUT2D eigenvalue weighted by Gasteiger charge is -2.35. The van der Waals surface area contributed by atoms with E-state index in [2.05, 4.69) is 16.5 Å². The zero-order chi connectivity index (χ0) is 22.7. The number of piperidine rings is 1. The first-order valence-corrected chi connectivity index (χ1v) is 10.3. The molecule has 0 saturated carbocycles. The van der Waals surface area contributed by atoms with E-state index in [1.807, 2.05) is 0 Å². The third-order valence-electron chi connectivity index (χ3n) is 5.60. The highest BCUT2D eigenvalue weighted by Crippen LogP contribution is 2.31. The van der Waals surface area contributed by atoms with Gasteiger partial charge in [0.25, 0.3) is 5.91 Å². The molecule has 3 heterocycles. The predicted molar refractivity (Wildman–Crippen MR) is 110 cm³/mol. The van der Waals surface area contributed by atoms with Crippen LogP contribution < -0.4 is 11.1 Å². The second-order valence-electron chi connectivity index (χ2n) is 7.77. The molecule has 0 aliphatic carbocycles. The van der Waals surface area contributed by atoms with Gasteiger partial charge in [0.05, 0.1) is 31.2 Å². The van der Waals surface area contributed by atoms with Crippen LogP contribution in [0.25, 0.3) is 0 Å². The molecule has 0 bridgehead atoms. The van der Waals surface area contributed by atoms with Gasteiger partial charge >= 0.3 is 6.09 Å². The number of halogens is 1. The number of hydrogen-bond acceptors (Lipinski definition) is 7. The molecule has 0 spiro atoms. The predicted octanol–water partition coefficient (Wildman–Crippen LogP) is 2.18. The van der Waals surface area contributed by atoms with Crippen molar-refractivity contribution in [1.29, 1.82) is 5.26 Å². The summed E-state index contributed by atoms with van der Waals surface area (Å²) in [6, 6.07) is 7.45. The summed E-state index contributed by atoms with van der Waals surface area (Å²) in [5.41, 5.74) is 6.18. The summed E-state index contributed by atoms with van der Waals surface area (Å²) in [5.74, 6) is -1.42. The fraction of sp³-hybridized carbons (Fsp3) is 0.429. The van der Waals surface area contributed by atoms with Gasteiger partial charge in [0.1, 0.15) is 17.5 Å². The van der Waals surface area contributed by atoms with Gasteiger partial charge < -0.3 is 25.4 Å². The largest absolute Gasteiger partial charge is 0.444 e. The standard InChI is InChI=1S/C21H23FN6O4/c22-14-1-3-15(4-2-14)25-20-17(19(24)29)11-28(26-20)18-5-7-27(10-13(18)9-23)21(30)32-16-6-8-31-12-16/h1-4,11,13,16,18H,5-8,10,12H2,(H2,24,29)(H,25,26)/t13-,16?,18-/m0/s1. The van der Waals surface area contributed by atoms with E-state index >= 15 is 0 Å². The number of likely N-dealkylation sites (tertiary alicyclic amines) is 1. The first-order chi connectivity index (χ1) is 15.4. The smallest absolute Gasteiger partial charge is 0.410 e. The molecule has 1 aromatic carbocycles. The molecule has 11 heteroatoms. The Bertz CT molecular complexity index is 1030. The van der Waals surface area contributed by atoms with Crippen molar-refractivity contribution in [1.82, 2.24) is 14.7 Å². The third-order valence-corrected chi connectivity index (χ3v) is 5.60. The number of nitrogens with zero attached hydrogens (tertiary/aromatic N) is 4. The van der Waals surface area contributed by atoms with Crippen LogP contribution in [0.15, 0.2) is 30.5 Å². The maximum atomic E-state index is 13.2. The van der Waals surface area contributed by atoms with Crippen LogP contribution in [0.1, 0.15) is 29.2 Å². The minimum Gasteiger partial charge on any atom is -0.444 e. The highest BCUT2D eigenvalue weighted by atomic mass is 19.1. The molecule has 10 nitrogen and oxygen atoms in total. The number of carbonyl (C=O) groups excluding carboxylic acids is 2. The quantitative estimate of drug-likeness (QED) is 0.724. The van der Waals surface area contributed by atoms with Gasteiger partial charge in [-0.25, -0.2) is 9.18 Å². The Hall–Kier alpha value is -3.65. The summed E-state index contributed by atoms with van der Waals surface area (Å²) in [7, 11) is 0. The molecular weight excluding hydrogens is 419 g/mol. The zero-order valence-electron chi connectivity index (χ0n) is 17.2. The molecule has 2 aliphatic rings. The second-order valence-corrected chi connectivity index (χ2v) is 7.77. The average molecular weight is 442 g/mol. The maximum absolute atomic E-state index is 13.2. The van der Waals surface area contributed by atoms with Crippen LogP contribution in [0, 0.1) is 23.1 Å². The summed E-state index contributed by atoms with van der Waals surface area (Å²) in [4.78, 5) is 25.9. The number of benzene rings is 1. The molecule has 1 aromatic heterocycles. The molecule has 3 N–H and O–H groups in total. The number of carbonyl (C=O) groups is 2. The van der Waals surface area contributed by atoms with Crippen molar-refractivity contribution in [3.05, 3.63) is 41.8 Å². The van der Waals surface area contributed by atoms with Gasteiger partial charge in [-0.05, 0) is 30.7 Å². The number of primary amides is 1. The van der Waals surface area contributed by atoms with Crippen LogP contribution in [0.5, 0.6) is 0 Å². The van der Waals surface area contributed by atoms with E-state index in [9.17, 15) is 19.2 Å². The number of anilines is 2. The van der Waals surface area contributed by atoms with Crippen LogP contribution in [0.3, 0.4) is 0 Å². The molecule has 2 saturated heterocycles. The summed E-state index contributed by atoms with van der Waals surface area (Å²) in [5, 5.41) is 17.1. The van der Waals surface area contributed by atoms with Gasteiger partial charge in [0, 0.05) is 31.4 Å². The average Bonchev–Trinajstić information content (AvgIpc) is 3.45. The van der Waals surface area contributed by atoms with Gasteiger partial charge in [0.15, 0.2) is 5.82 Å². The van der Waals surface area contributed by atoms with Crippen molar-refractivity contribution in [2.45, 2.75) is 25.0 Å². The number of amides is 2. The molecule has 1 unspecified atom stereocenters. The molecule has 2 aromatic rings. The van der Waals surface area contributed by atoms with Crippen LogP contribution in [0.4, 0.5) is 20.7 Å². The first-order valence-electron chi connectivity index (χ1n) is 10.3. The van der Waals surface area contributed by atoms with Gasteiger partial charge in [-0.15, -0.1) is 0 Å². The van der Waals surface area contributed by atoms with Crippen molar-refractivity contribution in [3.8, 4) is 6.07 Å².